The van der Waals surface area contributed by atoms with E-state index in [-0.39, 0.29) is 56.7 Å². The molecule has 0 unspecified atom stereocenters. The lowest BCUT2D eigenvalue weighted by atomic mass is 10.2. The van der Waals surface area contributed by atoms with Crippen molar-refractivity contribution in [1.29, 1.82) is 0 Å². The lowest BCUT2D eigenvalue weighted by Gasteiger charge is -2.34. The largest absolute Gasteiger partial charge is 0.339 e. The molecular weight excluding hydrogens is 423 g/mol. The van der Waals surface area contributed by atoms with Gasteiger partial charge in [0.1, 0.15) is 5.82 Å². The van der Waals surface area contributed by atoms with Crippen LogP contribution in [0.3, 0.4) is 0 Å². The first-order valence-corrected chi connectivity index (χ1v) is 11.5. The maximum Gasteiger partial charge on any atom is 0.315 e. The van der Waals surface area contributed by atoms with E-state index in [0.29, 0.717) is 0 Å². The van der Waals surface area contributed by atoms with Crippen LogP contribution in [0.25, 0.3) is 0 Å². The summed E-state index contributed by atoms with van der Waals surface area (Å²) in [5.41, 5.74) is 1.45. The Hall–Kier alpha value is -2.98. The van der Waals surface area contributed by atoms with E-state index >= 15 is 0 Å². The van der Waals surface area contributed by atoms with Crippen LogP contribution in [0.1, 0.15) is 11.1 Å². The van der Waals surface area contributed by atoms with Crippen LogP contribution in [-0.4, -0.2) is 62.3 Å². The van der Waals surface area contributed by atoms with Gasteiger partial charge in [-0.3, -0.25) is 4.79 Å². The molecule has 0 atom stereocenters. The molecule has 0 bridgehead atoms. The van der Waals surface area contributed by atoms with Crippen LogP contribution < -0.4 is 10.6 Å². The van der Waals surface area contributed by atoms with Gasteiger partial charge in [-0.05, 0) is 23.3 Å². The molecule has 2 aromatic carbocycles. The molecule has 1 fully saturated rings. The summed E-state index contributed by atoms with van der Waals surface area (Å²) >= 11 is 0. The first-order valence-electron chi connectivity index (χ1n) is 9.89. The van der Waals surface area contributed by atoms with Crippen molar-refractivity contribution in [2.75, 3.05) is 32.7 Å². The van der Waals surface area contributed by atoms with Crippen LogP contribution in [0.4, 0.5) is 9.18 Å². The van der Waals surface area contributed by atoms with Crippen LogP contribution in [0, 0.1) is 5.82 Å². The molecule has 1 aliphatic rings. The summed E-state index contributed by atoms with van der Waals surface area (Å²) in [6, 6.07) is 14.2. The highest BCUT2D eigenvalue weighted by atomic mass is 32.2. The van der Waals surface area contributed by atoms with Crippen molar-refractivity contribution in [3.05, 3.63) is 71.5 Å². The third-order valence-corrected chi connectivity index (χ3v) is 6.79. The summed E-state index contributed by atoms with van der Waals surface area (Å²) in [5, 5.41) is 5.08. The van der Waals surface area contributed by atoms with Crippen molar-refractivity contribution < 1.29 is 22.4 Å². The first kappa shape index (κ1) is 22.7. The first-order chi connectivity index (χ1) is 14.8. The van der Waals surface area contributed by atoms with Gasteiger partial charge in [-0.1, -0.05) is 42.5 Å². The molecule has 166 valence electrons. The Morgan fingerprint density at radius 2 is 1.52 bits per heavy atom. The number of nitrogens with zero attached hydrogens (tertiary/aromatic N) is 2. The number of benzene rings is 2. The number of urea groups is 1. The zero-order chi connectivity index (χ0) is 22.3. The second-order valence-corrected chi connectivity index (χ2v) is 9.15. The summed E-state index contributed by atoms with van der Waals surface area (Å²) in [7, 11) is -3.46. The van der Waals surface area contributed by atoms with E-state index in [2.05, 4.69) is 10.6 Å². The van der Waals surface area contributed by atoms with Crippen molar-refractivity contribution >= 4 is 22.0 Å². The Kier molecular flexibility index (Phi) is 7.59. The highest BCUT2D eigenvalue weighted by molar-refractivity contribution is 7.88. The van der Waals surface area contributed by atoms with Gasteiger partial charge in [0.25, 0.3) is 0 Å². The fraction of sp³-hybridized carbons (Fsp3) is 0.333. The van der Waals surface area contributed by atoms with E-state index in [9.17, 15) is 22.4 Å². The average Bonchev–Trinajstić information content (AvgIpc) is 2.77. The van der Waals surface area contributed by atoms with Gasteiger partial charge in [-0.25, -0.2) is 17.6 Å². The van der Waals surface area contributed by atoms with Gasteiger partial charge in [0.05, 0.1) is 12.3 Å². The highest BCUT2D eigenvalue weighted by Gasteiger charge is 2.28. The Bertz CT molecular complexity index is 992. The Labute approximate surface area is 181 Å². The zero-order valence-corrected chi connectivity index (χ0v) is 17.8. The van der Waals surface area contributed by atoms with Crippen LogP contribution in [0.15, 0.2) is 54.6 Å². The summed E-state index contributed by atoms with van der Waals surface area (Å²) < 4.78 is 39.5. The number of sulfonamides is 1. The number of hydrogen-bond acceptors (Lipinski definition) is 4. The van der Waals surface area contributed by atoms with E-state index in [1.54, 1.807) is 36.4 Å². The molecule has 3 rings (SSSR count). The number of carbonyl (C=O) groups is 2. The Morgan fingerprint density at radius 1 is 0.871 bits per heavy atom. The minimum atomic E-state index is -3.46. The number of halogens is 1. The molecule has 0 spiro atoms. The molecule has 1 aliphatic heterocycles. The smallest absolute Gasteiger partial charge is 0.315 e. The number of piperazine rings is 1. The fourth-order valence-corrected chi connectivity index (χ4v) is 4.72. The minimum absolute atomic E-state index is 0.0719. The Morgan fingerprint density at radius 3 is 2.16 bits per heavy atom. The highest BCUT2D eigenvalue weighted by Crippen LogP contribution is 2.13. The SMILES string of the molecule is O=C(NCC(=O)N1CCN(S(=O)(=O)Cc2ccccc2)CC1)NCc1ccc(F)cc1. The number of nitrogens with one attached hydrogen (secondary N) is 2. The molecule has 1 heterocycles. The molecule has 2 N–H and O–H groups in total. The quantitative estimate of drug-likeness (QED) is 0.667. The third-order valence-electron chi connectivity index (χ3n) is 4.94. The molecule has 0 aliphatic carbocycles. The molecule has 0 aromatic heterocycles. The van der Waals surface area contributed by atoms with E-state index in [1.807, 2.05) is 6.07 Å². The van der Waals surface area contributed by atoms with Gasteiger partial charge in [-0.2, -0.15) is 4.31 Å². The second-order valence-electron chi connectivity index (χ2n) is 7.18. The maximum absolute atomic E-state index is 12.9. The number of carbonyl (C=O) groups excluding carboxylic acids is 2. The van der Waals surface area contributed by atoms with E-state index < -0.39 is 16.1 Å². The van der Waals surface area contributed by atoms with Gasteiger partial charge < -0.3 is 15.5 Å². The van der Waals surface area contributed by atoms with Gasteiger partial charge in [-0.15, -0.1) is 0 Å². The standard InChI is InChI=1S/C21H25FN4O4S/c22-19-8-6-17(7-9-19)14-23-21(28)24-15-20(27)25-10-12-26(13-11-25)31(29,30)16-18-4-2-1-3-5-18/h1-9H,10-16H2,(H2,23,24,28). The predicted molar refractivity (Wildman–Crippen MR) is 114 cm³/mol. The Balaban J connectivity index is 1.39. The number of hydrogen-bond donors (Lipinski definition) is 2. The predicted octanol–water partition coefficient (Wildman–Crippen LogP) is 1.30. The topological polar surface area (TPSA) is 98.8 Å². The van der Waals surface area contributed by atoms with Crippen molar-refractivity contribution in [3.8, 4) is 0 Å². The van der Waals surface area contributed by atoms with Crippen LogP contribution in [0.5, 0.6) is 0 Å². The molecule has 1 saturated heterocycles. The molecule has 10 heteroatoms. The fourth-order valence-electron chi connectivity index (χ4n) is 3.21. The monoisotopic (exact) mass is 448 g/mol. The van der Waals surface area contributed by atoms with Crippen molar-refractivity contribution in [3.63, 3.8) is 0 Å². The van der Waals surface area contributed by atoms with Crippen molar-refractivity contribution in [2.24, 2.45) is 0 Å². The number of amides is 3. The summed E-state index contributed by atoms with van der Waals surface area (Å²) in [4.78, 5) is 25.7. The molecular formula is C21H25FN4O4S. The summed E-state index contributed by atoms with van der Waals surface area (Å²) in [5.74, 6) is -0.707. The summed E-state index contributed by atoms with van der Waals surface area (Å²) in [6.45, 7) is 0.997. The normalized spacial score (nSPS) is 14.8. The third kappa shape index (κ3) is 6.76. The second kappa shape index (κ2) is 10.4. The van der Waals surface area contributed by atoms with Gasteiger partial charge in [0, 0.05) is 32.7 Å². The average molecular weight is 449 g/mol. The lowest BCUT2D eigenvalue weighted by Crippen LogP contribution is -2.53. The van der Waals surface area contributed by atoms with Gasteiger partial charge in [0.2, 0.25) is 15.9 Å². The van der Waals surface area contributed by atoms with E-state index in [4.69, 9.17) is 0 Å². The van der Waals surface area contributed by atoms with E-state index in [0.717, 1.165) is 11.1 Å². The van der Waals surface area contributed by atoms with Gasteiger partial charge in [0.15, 0.2) is 0 Å². The zero-order valence-electron chi connectivity index (χ0n) is 17.0. The van der Waals surface area contributed by atoms with Crippen LogP contribution >= 0.6 is 0 Å². The van der Waals surface area contributed by atoms with Crippen LogP contribution in [0.2, 0.25) is 0 Å². The molecule has 2 aromatic rings. The molecule has 8 nitrogen and oxygen atoms in total. The molecule has 31 heavy (non-hydrogen) atoms. The van der Waals surface area contributed by atoms with Gasteiger partial charge >= 0.3 is 6.03 Å². The summed E-state index contributed by atoms with van der Waals surface area (Å²) in [6.07, 6.45) is 0. The molecule has 0 saturated carbocycles. The maximum atomic E-state index is 12.9. The lowest BCUT2D eigenvalue weighted by molar-refractivity contribution is -0.131. The van der Waals surface area contributed by atoms with Crippen molar-refractivity contribution in [1.82, 2.24) is 19.8 Å². The molecule has 0 radical (unpaired) electrons. The number of rotatable bonds is 7. The van der Waals surface area contributed by atoms with Crippen molar-refractivity contribution in [2.45, 2.75) is 12.3 Å². The molecule has 3 amide bonds. The minimum Gasteiger partial charge on any atom is -0.339 e. The van der Waals surface area contributed by atoms with Crippen LogP contribution in [-0.2, 0) is 27.1 Å². The van der Waals surface area contributed by atoms with E-state index in [1.165, 1.54) is 21.3 Å².